The number of nitrogens with zero attached hydrogens (tertiary/aromatic N) is 3. The summed E-state index contributed by atoms with van der Waals surface area (Å²) in [5, 5.41) is 11.1. The van der Waals surface area contributed by atoms with Crippen molar-refractivity contribution in [1.82, 2.24) is 13.7 Å². The number of nitrogens with one attached hydrogen (secondary N) is 1. The zero-order valence-electron chi connectivity index (χ0n) is 46.1. The molecule has 13 aromatic carbocycles. The van der Waals surface area contributed by atoms with Gasteiger partial charge in [0.15, 0.2) is 0 Å². The van der Waals surface area contributed by atoms with Crippen LogP contribution in [0.25, 0.3) is 116 Å². The van der Waals surface area contributed by atoms with E-state index in [9.17, 15) is 0 Å². The first kappa shape index (κ1) is 50.9. The van der Waals surface area contributed by atoms with E-state index in [1.54, 1.807) is 0 Å². The lowest BCUT2D eigenvalue weighted by Crippen LogP contribution is -1.96. The molecule has 0 aliphatic heterocycles. The van der Waals surface area contributed by atoms with E-state index in [2.05, 4.69) is 304 Å². The minimum absolute atomic E-state index is 0.796. The first-order chi connectivity index (χ1) is 41.5. The maximum atomic E-state index is 6.44. The largest absolute Gasteiger partial charge is 0.399 e. The van der Waals surface area contributed by atoms with Gasteiger partial charge in [0, 0.05) is 77.7 Å². The van der Waals surface area contributed by atoms with Gasteiger partial charge in [-0.25, -0.2) is 0 Å². The molecule has 0 unspecified atom stereocenters. The Kier molecular flexibility index (Phi) is 13.5. The fourth-order valence-corrected chi connectivity index (χ4v) is 12.1. The van der Waals surface area contributed by atoms with Crippen molar-refractivity contribution in [1.29, 1.82) is 0 Å². The van der Waals surface area contributed by atoms with Gasteiger partial charge in [0.25, 0.3) is 0 Å². The van der Waals surface area contributed by atoms with Crippen LogP contribution in [0, 0.1) is 0 Å². The van der Waals surface area contributed by atoms with Crippen LogP contribution >= 0.6 is 0 Å². The topological polar surface area (TPSA) is 78.9 Å². The summed E-state index contributed by atoms with van der Waals surface area (Å²) >= 11 is 0. The third-order valence-electron chi connectivity index (χ3n) is 15.8. The van der Waals surface area contributed by atoms with Gasteiger partial charge in [-0.2, -0.15) is 0 Å². The highest BCUT2D eigenvalue weighted by molar-refractivity contribution is 6.13. The van der Waals surface area contributed by atoms with Crippen molar-refractivity contribution in [3.05, 3.63) is 322 Å². The second-order valence-electron chi connectivity index (χ2n) is 21.0. The van der Waals surface area contributed by atoms with Crippen LogP contribution in [0.1, 0.15) is 0 Å². The Morgan fingerprint density at radius 1 is 0.238 bits per heavy atom. The molecule has 0 atom stereocenters. The van der Waals surface area contributed by atoms with E-state index in [0.717, 1.165) is 33.9 Å². The molecular weight excluding hydrogens is 1020 g/mol. The minimum Gasteiger partial charge on any atom is -0.399 e. The molecule has 0 bridgehead atoms. The fourth-order valence-electron chi connectivity index (χ4n) is 12.1. The van der Waals surface area contributed by atoms with Crippen molar-refractivity contribution in [3.8, 4) is 50.4 Å². The summed E-state index contributed by atoms with van der Waals surface area (Å²) in [6, 6.07) is 112. The number of aromatic nitrogens is 3. The number of nitrogen functional groups attached to an aromatic ring is 2. The summed E-state index contributed by atoms with van der Waals surface area (Å²) in [7, 11) is 0. The molecule has 0 amide bonds. The highest BCUT2D eigenvalue weighted by Crippen LogP contribution is 2.44. The molecule has 0 spiro atoms. The number of nitrogens with two attached hydrogens (primary N) is 2. The Balaban J connectivity index is 0.000000120. The third kappa shape index (κ3) is 9.53. The predicted octanol–water partition coefficient (Wildman–Crippen LogP) is 20.3. The highest BCUT2D eigenvalue weighted by atomic mass is 15.0. The molecule has 3 heterocycles. The van der Waals surface area contributed by atoms with Gasteiger partial charge in [-0.1, -0.05) is 206 Å². The van der Waals surface area contributed by atoms with Gasteiger partial charge < -0.3 is 30.5 Å². The first-order valence-electron chi connectivity index (χ1n) is 28.4. The molecule has 0 saturated heterocycles. The molecule has 5 N–H and O–H groups in total. The van der Waals surface area contributed by atoms with Crippen LogP contribution in [-0.2, 0) is 0 Å². The SMILES string of the molecule is Nc1ccc(-c2ccccc2)c(-c2ccccc2)c1-c1ccccc1.Nc1ccc2c(c1)c1ccccc1n2-c1ccccc1.c1ccc(-n2c3ccccc3c3cc(Nc4ccc5c(c4)c4ccccc4n5-c4ccccc4)ccc32)cc1. The number of benzene rings is 13. The van der Waals surface area contributed by atoms with E-state index in [0.29, 0.717) is 0 Å². The molecule has 0 aliphatic carbocycles. The molecule has 0 saturated carbocycles. The zero-order chi connectivity index (χ0) is 56.3. The number of fused-ring (bicyclic) bond motifs is 9. The number of hydrogen-bond donors (Lipinski definition) is 3. The molecule has 16 rings (SSSR count). The van der Waals surface area contributed by atoms with E-state index in [-0.39, 0.29) is 0 Å². The Hall–Kier alpha value is -11.3. The average Bonchev–Trinajstić information content (AvgIpc) is 3.59. The van der Waals surface area contributed by atoms with E-state index in [1.165, 1.54) is 105 Å². The Morgan fingerprint density at radius 3 is 0.976 bits per heavy atom. The van der Waals surface area contributed by atoms with E-state index in [1.807, 2.05) is 36.4 Å². The predicted molar refractivity (Wildman–Crippen MR) is 357 cm³/mol. The average molecular weight is 1080 g/mol. The zero-order valence-corrected chi connectivity index (χ0v) is 46.1. The molecule has 400 valence electrons. The van der Waals surface area contributed by atoms with Crippen LogP contribution < -0.4 is 16.8 Å². The third-order valence-corrected chi connectivity index (χ3v) is 15.8. The minimum atomic E-state index is 0.796. The maximum Gasteiger partial charge on any atom is 0.0542 e. The van der Waals surface area contributed by atoms with Gasteiger partial charge in [0.1, 0.15) is 0 Å². The number of para-hydroxylation sites is 6. The summed E-state index contributed by atoms with van der Waals surface area (Å²) in [6.07, 6.45) is 0. The molecule has 0 aliphatic rings. The number of anilines is 4. The highest BCUT2D eigenvalue weighted by Gasteiger charge is 2.18. The normalized spacial score (nSPS) is 11.2. The maximum absolute atomic E-state index is 6.44. The van der Waals surface area contributed by atoms with Crippen LogP contribution in [0.3, 0.4) is 0 Å². The number of hydrogen-bond acceptors (Lipinski definition) is 3. The van der Waals surface area contributed by atoms with Crippen molar-refractivity contribution in [2.45, 2.75) is 0 Å². The van der Waals surface area contributed by atoms with Crippen molar-refractivity contribution in [3.63, 3.8) is 0 Å². The molecule has 3 aromatic heterocycles. The van der Waals surface area contributed by atoms with Gasteiger partial charge in [0.05, 0.1) is 33.1 Å². The molecule has 16 aromatic rings. The Morgan fingerprint density at radius 2 is 0.560 bits per heavy atom. The summed E-state index contributed by atoms with van der Waals surface area (Å²) in [4.78, 5) is 0. The summed E-state index contributed by atoms with van der Waals surface area (Å²) < 4.78 is 6.97. The lowest BCUT2D eigenvalue weighted by molar-refractivity contribution is 1.18. The van der Waals surface area contributed by atoms with Gasteiger partial charge in [-0.3, -0.25) is 0 Å². The van der Waals surface area contributed by atoms with Crippen LogP contribution in [0.15, 0.2) is 322 Å². The van der Waals surface area contributed by atoms with Crippen molar-refractivity contribution < 1.29 is 0 Å². The van der Waals surface area contributed by atoms with Gasteiger partial charge in [0.2, 0.25) is 0 Å². The second-order valence-corrected chi connectivity index (χ2v) is 21.0. The smallest absolute Gasteiger partial charge is 0.0542 e. The fraction of sp³-hybridized carbons (Fsp3) is 0. The molecule has 84 heavy (non-hydrogen) atoms. The van der Waals surface area contributed by atoms with Crippen molar-refractivity contribution in [2.75, 3.05) is 16.8 Å². The summed E-state index contributed by atoms with van der Waals surface area (Å²) in [6.45, 7) is 0. The van der Waals surface area contributed by atoms with E-state index in [4.69, 9.17) is 11.5 Å². The van der Waals surface area contributed by atoms with Crippen LogP contribution in [0.4, 0.5) is 22.7 Å². The van der Waals surface area contributed by atoms with Crippen molar-refractivity contribution in [2.24, 2.45) is 0 Å². The summed E-state index contributed by atoms with van der Waals surface area (Å²) in [5.74, 6) is 0. The summed E-state index contributed by atoms with van der Waals surface area (Å²) in [5.41, 5.74) is 33.8. The lowest BCUT2D eigenvalue weighted by atomic mass is 9.86. The van der Waals surface area contributed by atoms with Crippen LogP contribution in [0.5, 0.6) is 0 Å². The standard InChI is InChI=1S/C36H25N3.C24H19N.C18H14N2/c1-3-11-27(12-4-1)38-33-17-9-7-15-29(33)31-23-25(19-21-35(31)38)37-26-20-22-36-32(24-26)30-16-8-10-18-34(30)39(36)28-13-5-2-6-14-28;25-22-17-16-21(18-10-4-1-5-11-18)23(19-12-6-2-7-13-19)24(22)20-14-8-3-9-15-20;19-13-10-11-18-16(12-13)15-8-4-5-9-17(15)20(18)14-6-2-1-3-7-14/h1-24,37H;1-17H,25H2;1-12H,19H2. The van der Waals surface area contributed by atoms with Crippen LogP contribution in [0.2, 0.25) is 0 Å². The van der Waals surface area contributed by atoms with E-state index < -0.39 is 0 Å². The second kappa shape index (κ2) is 22.3. The lowest BCUT2D eigenvalue weighted by Gasteiger charge is -2.18. The molecule has 0 fully saturated rings. The van der Waals surface area contributed by atoms with Crippen molar-refractivity contribution >= 4 is 88.2 Å². The molecule has 6 nitrogen and oxygen atoms in total. The first-order valence-corrected chi connectivity index (χ1v) is 28.4. The quantitative estimate of drug-likeness (QED) is 0.133. The van der Waals surface area contributed by atoms with Gasteiger partial charge in [-0.05, 0) is 143 Å². The molecular formula is C78H58N6. The molecule has 6 heteroatoms. The van der Waals surface area contributed by atoms with Gasteiger partial charge >= 0.3 is 0 Å². The van der Waals surface area contributed by atoms with E-state index >= 15 is 0 Å². The Bertz CT molecular complexity index is 4820. The Labute approximate surface area is 488 Å². The number of rotatable bonds is 8. The van der Waals surface area contributed by atoms with Crippen LogP contribution in [-0.4, -0.2) is 13.7 Å². The molecule has 0 radical (unpaired) electrons. The monoisotopic (exact) mass is 1080 g/mol. The van der Waals surface area contributed by atoms with Gasteiger partial charge in [-0.15, -0.1) is 0 Å².